The normalized spacial score (nSPS) is 19.8. The van der Waals surface area contributed by atoms with Crippen LogP contribution in [0.25, 0.3) is 11.0 Å². The molecule has 1 saturated heterocycles. The zero-order valence-corrected chi connectivity index (χ0v) is 20.6. The molecule has 2 aromatic rings. The fourth-order valence-electron chi connectivity index (χ4n) is 4.58. The van der Waals surface area contributed by atoms with Crippen molar-refractivity contribution in [3.05, 3.63) is 18.1 Å². The number of ether oxygens (including phenoxy) is 1. The second-order valence-electron chi connectivity index (χ2n) is 10.6. The largest absolute Gasteiger partial charge is 0.465 e. The van der Waals surface area contributed by atoms with Crippen LogP contribution in [-0.4, -0.2) is 64.4 Å². The van der Waals surface area contributed by atoms with Gasteiger partial charge in [0.15, 0.2) is 0 Å². The van der Waals surface area contributed by atoms with Gasteiger partial charge in [-0.1, -0.05) is 38.9 Å². The number of likely N-dealkylation sites (tertiary alicyclic amines) is 1. The van der Waals surface area contributed by atoms with Crippen LogP contribution < -0.4 is 5.32 Å². The molecule has 2 N–H and O–H groups in total. The van der Waals surface area contributed by atoms with Gasteiger partial charge < -0.3 is 24.6 Å². The molecule has 2 aromatic heterocycles. The number of piperidine rings is 1. The highest BCUT2D eigenvalue weighted by atomic mass is 28.3. The number of nitrogens with zero attached hydrogens (tertiary/aromatic N) is 4. The maximum Gasteiger partial charge on any atom is 0.407 e. The number of aromatic nitrogens is 3. The van der Waals surface area contributed by atoms with Gasteiger partial charge in [-0.15, -0.1) is 0 Å². The Morgan fingerprint density at radius 3 is 2.75 bits per heavy atom. The predicted octanol–water partition coefficient (Wildman–Crippen LogP) is 4.64. The van der Waals surface area contributed by atoms with Gasteiger partial charge in [-0.3, -0.25) is 0 Å². The summed E-state index contributed by atoms with van der Waals surface area (Å²) in [7, 11) is -1.13. The monoisotopic (exact) mass is 459 g/mol. The van der Waals surface area contributed by atoms with Crippen molar-refractivity contribution >= 4 is 31.0 Å². The van der Waals surface area contributed by atoms with Crippen LogP contribution in [0.3, 0.4) is 0 Å². The molecular weight excluding hydrogens is 422 g/mol. The molecule has 0 radical (unpaired) electrons. The second-order valence-corrected chi connectivity index (χ2v) is 16.2. The molecule has 1 saturated carbocycles. The second kappa shape index (κ2) is 9.78. The number of nitrogens with one attached hydrogen (secondary N) is 1. The van der Waals surface area contributed by atoms with E-state index >= 15 is 0 Å². The van der Waals surface area contributed by atoms with E-state index < -0.39 is 14.2 Å². The summed E-state index contributed by atoms with van der Waals surface area (Å²) in [6, 6.07) is 1.20. The van der Waals surface area contributed by atoms with E-state index in [0.29, 0.717) is 19.8 Å². The standard InChI is InChI=1S/C23H37N5O3Si/c1-32(2,3)11-10-31-16-28-13-18(12-17-6-4-7-17)20-21(24-15-25-22(20)28)26-19-8-5-9-27(14-19)23(29)30/h13,15,17,19H,4-12,14,16H2,1-3H3,(H,29,30)(H,24,25,26). The van der Waals surface area contributed by atoms with E-state index in [1.165, 1.54) is 29.7 Å². The molecule has 1 unspecified atom stereocenters. The van der Waals surface area contributed by atoms with Crippen molar-refractivity contribution in [1.82, 2.24) is 19.4 Å². The van der Waals surface area contributed by atoms with Crippen LogP contribution in [0.4, 0.5) is 10.6 Å². The Balaban J connectivity index is 1.55. The van der Waals surface area contributed by atoms with Gasteiger partial charge in [0.05, 0.1) is 5.39 Å². The zero-order chi connectivity index (χ0) is 22.7. The van der Waals surface area contributed by atoms with Crippen LogP contribution in [0.15, 0.2) is 12.5 Å². The number of hydrogen-bond donors (Lipinski definition) is 2. The molecule has 1 aliphatic heterocycles. The SMILES string of the molecule is C[Si](C)(C)CCOCn1cc(CC2CCC2)c2c(NC3CCCN(C(=O)O)C3)ncnc21. The molecule has 9 heteroatoms. The summed E-state index contributed by atoms with van der Waals surface area (Å²) in [5.74, 6) is 1.55. The Kier molecular flexibility index (Phi) is 7.04. The first-order valence-corrected chi connectivity index (χ1v) is 15.7. The van der Waals surface area contributed by atoms with Gasteiger partial charge in [0.2, 0.25) is 0 Å². The molecule has 1 atom stereocenters. The molecular formula is C23H37N5O3Si. The average molecular weight is 460 g/mol. The summed E-state index contributed by atoms with van der Waals surface area (Å²) >= 11 is 0. The van der Waals surface area contributed by atoms with Crippen LogP contribution in [-0.2, 0) is 17.9 Å². The van der Waals surface area contributed by atoms with Crippen LogP contribution in [0.1, 0.15) is 37.7 Å². The lowest BCUT2D eigenvalue weighted by Crippen LogP contribution is -2.44. The van der Waals surface area contributed by atoms with E-state index in [1.807, 2.05) is 0 Å². The van der Waals surface area contributed by atoms with Crippen molar-refractivity contribution in [2.75, 3.05) is 25.0 Å². The Morgan fingerprint density at radius 2 is 2.06 bits per heavy atom. The number of rotatable bonds is 9. The van der Waals surface area contributed by atoms with Crippen molar-refractivity contribution < 1.29 is 14.6 Å². The summed E-state index contributed by atoms with van der Waals surface area (Å²) in [5.41, 5.74) is 2.17. The first kappa shape index (κ1) is 23.0. The lowest BCUT2D eigenvalue weighted by molar-refractivity contribution is 0.0897. The van der Waals surface area contributed by atoms with Gasteiger partial charge in [-0.2, -0.15) is 0 Å². The molecule has 32 heavy (non-hydrogen) atoms. The smallest absolute Gasteiger partial charge is 0.407 e. The lowest BCUT2D eigenvalue weighted by atomic mass is 9.81. The number of anilines is 1. The molecule has 2 aliphatic rings. The fourth-order valence-corrected chi connectivity index (χ4v) is 5.33. The third-order valence-corrected chi connectivity index (χ3v) is 8.43. The van der Waals surface area contributed by atoms with Crippen LogP contribution in [0.5, 0.6) is 0 Å². The van der Waals surface area contributed by atoms with Crippen molar-refractivity contribution in [2.45, 2.75) is 77.0 Å². The number of hydrogen-bond acceptors (Lipinski definition) is 5. The van der Waals surface area contributed by atoms with E-state index in [-0.39, 0.29) is 6.04 Å². The minimum atomic E-state index is -1.13. The molecule has 1 aliphatic carbocycles. The highest BCUT2D eigenvalue weighted by molar-refractivity contribution is 6.76. The van der Waals surface area contributed by atoms with Gasteiger partial charge in [0.25, 0.3) is 0 Å². The fraction of sp³-hybridized carbons (Fsp3) is 0.696. The molecule has 3 heterocycles. The van der Waals surface area contributed by atoms with Crippen molar-refractivity contribution in [3.63, 3.8) is 0 Å². The van der Waals surface area contributed by atoms with Crippen LogP contribution in [0.2, 0.25) is 25.7 Å². The number of carbonyl (C=O) groups is 1. The number of amides is 1. The van der Waals surface area contributed by atoms with Crippen LogP contribution >= 0.6 is 0 Å². The van der Waals surface area contributed by atoms with Crippen molar-refractivity contribution in [3.8, 4) is 0 Å². The summed E-state index contributed by atoms with van der Waals surface area (Å²) in [5, 5.41) is 14.0. The molecule has 4 rings (SSSR count). The van der Waals surface area contributed by atoms with Crippen molar-refractivity contribution in [2.24, 2.45) is 5.92 Å². The first-order valence-electron chi connectivity index (χ1n) is 11.9. The Labute approximate surface area is 191 Å². The molecule has 0 bridgehead atoms. The molecule has 0 aromatic carbocycles. The molecule has 8 nitrogen and oxygen atoms in total. The minimum Gasteiger partial charge on any atom is -0.465 e. The highest BCUT2D eigenvalue weighted by Crippen LogP contribution is 2.35. The summed E-state index contributed by atoms with van der Waals surface area (Å²) in [4.78, 5) is 22.1. The van der Waals surface area contributed by atoms with Gasteiger partial charge >= 0.3 is 6.09 Å². The Morgan fingerprint density at radius 1 is 1.25 bits per heavy atom. The average Bonchev–Trinajstić information content (AvgIpc) is 3.06. The van der Waals surface area contributed by atoms with E-state index in [0.717, 1.165) is 54.7 Å². The number of fused-ring (bicyclic) bond motifs is 1. The van der Waals surface area contributed by atoms with E-state index in [2.05, 4.69) is 45.7 Å². The zero-order valence-electron chi connectivity index (χ0n) is 19.6. The maximum atomic E-state index is 11.4. The van der Waals surface area contributed by atoms with Gasteiger partial charge in [0.1, 0.15) is 24.5 Å². The quantitative estimate of drug-likeness (QED) is 0.419. The predicted molar refractivity (Wildman–Crippen MR) is 129 cm³/mol. The van der Waals surface area contributed by atoms with E-state index in [1.54, 1.807) is 6.33 Å². The first-order chi connectivity index (χ1) is 15.3. The van der Waals surface area contributed by atoms with E-state index in [9.17, 15) is 9.90 Å². The number of carboxylic acid groups (broad SMARTS) is 1. The summed E-state index contributed by atoms with van der Waals surface area (Å²) in [6.07, 6.45) is 9.67. The van der Waals surface area contributed by atoms with Crippen LogP contribution in [0, 0.1) is 5.92 Å². The lowest BCUT2D eigenvalue weighted by Gasteiger charge is -2.31. The molecule has 2 fully saturated rings. The molecule has 176 valence electrons. The Bertz CT molecular complexity index is 938. The van der Waals surface area contributed by atoms with E-state index in [4.69, 9.17) is 4.74 Å². The van der Waals surface area contributed by atoms with Gasteiger partial charge in [-0.05, 0) is 36.8 Å². The third-order valence-electron chi connectivity index (χ3n) is 6.72. The van der Waals surface area contributed by atoms with Crippen molar-refractivity contribution in [1.29, 1.82) is 0 Å². The molecule has 1 amide bonds. The van der Waals surface area contributed by atoms with Gasteiger partial charge in [0, 0.05) is 40.0 Å². The highest BCUT2D eigenvalue weighted by Gasteiger charge is 2.26. The molecule has 0 spiro atoms. The summed E-state index contributed by atoms with van der Waals surface area (Å²) in [6.45, 7) is 9.44. The topological polar surface area (TPSA) is 92.5 Å². The van der Waals surface area contributed by atoms with Gasteiger partial charge in [-0.25, -0.2) is 14.8 Å². The third kappa shape index (κ3) is 5.61. The maximum absolute atomic E-state index is 11.4. The summed E-state index contributed by atoms with van der Waals surface area (Å²) < 4.78 is 8.15. The Hall–Kier alpha value is -2.13. The minimum absolute atomic E-state index is 0.0610.